The minimum absolute atomic E-state index is 0.393. The van der Waals surface area contributed by atoms with Crippen LogP contribution in [0.5, 0.6) is 11.5 Å². The Hall–Kier alpha value is -1.42. The Bertz CT molecular complexity index is 659. The average molecular weight is 326 g/mol. The largest absolute Gasteiger partial charge is 0.493 e. The molecule has 0 aliphatic rings. The monoisotopic (exact) mass is 325 g/mol. The Balaban J connectivity index is 2.52. The highest BCUT2D eigenvalue weighted by atomic mass is 35.5. The van der Waals surface area contributed by atoms with E-state index in [1.807, 2.05) is 19.1 Å². The number of ether oxygens (including phenoxy) is 2. The van der Waals surface area contributed by atoms with E-state index < -0.39 is 6.04 Å². The molecule has 5 heteroatoms. The molecule has 21 heavy (non-hydrogen) atoms. The van der Waals surface area contributed by atoms with Crippen LogP contribution in [0.4, 0.5) is 0 Å². The first kappa shape index (κ1) is 16.0. The van der Waals surface area contributed by atoms with E-state index in [1.54, 1.807) is 32.4 Å². The van der Waals surface area contributed by atoms with Crippen LogP contribution in [0.2, 0.25) is 10.0 Å². The van der Waals surface area contributed by atoms with Crippen molar-refractivity contribution in [2.75, 3.05) is 14.2 Å². The lowest BCUT2D eigenvalue weighted by Gasteiger charge is -2.19. The van der Waals surface area contributed by atoms with Crippen LogP contribution in [0.15, 0.2) is 30.3 Å². The maximum Gasteiger partial charge on any atom is 0.161 e. The average Bonchev–Trinajstić information content (AvgIpc) is 2.48. The van der Waals surface area contributed by atoms with E-state index in [0.717, 1.165) is 16.7 Å². The van der Waals surface area contributed by atoms with E-state index in [2.05, 4.69) is 0 Å². The molecule has 2 rings (SSSR count). The first-order valence-corrected chi connectivity index (χ1v) is 7.16. The van der Waals surface area contributed by atoms with Gasteiger partial charge < -0.3 is 15.2 Å². The Morgan fingerprint density at radius 2 is 1.57 bits per heavy atom. The molecule has 0 bridgehead atoms. The van der Waals surface area contributed by atoms with Gasteiger partial charge in [-0.15, -0.1) is 0 Å². The normalized spacial score (nSPS) is 12.1. The molecule has 2 aromatic carbocycles. The molecule has 112 valence electrons. The van der Waals surface area contributed by atoms with Crippen molar-refractivity contribution in [1.82, 2.24) is 0 Å². The van der Waals surface area contributed by atoms with Crippen LogP contribution < -0.4 is 15.2 Å². The maximum absolute atomic E-state index is 6.36. The molecule has 0 radical (unpaired) electrons. The van der Waals surface area contributed by atoms with Crippen molar-refractivity contribution in [2.24, 2.45) is 5.73 Å². The first-order chi connectivity index (χ1) is 9.97. The lowest BCUT2D eigenvalue weighted by molar-refractivity contribution is 0.354. The van der Waals surface area contributed by atoms with Crippen molar-refractivity contribution in [3.63, 3.8) is 0 Å². The highest BCUT2D eigenvalue weighted by Gasteiger charge is 2.18. The molecule has 1 unspecified atom stereocenters. The zero-order valence-electron chi connectivity index (χ0n) is 12.1. The third-order valence-electron chi connectivity index (χ3n) is 3.40. The van der Waals surface area contributed by atoms with Gasteiger partial charge in [-0.2, -0.15) is 0 Å². The third kappa shape index (κ3) is 3.26. The number of rotatable bonds is 4. The predicted molar refractivity (Wildman–Crippen MR) is 86.8 cm³/mol. The second-order valence-corrected chi connectivity index (χ2v) is 5.55. The summed E-state index contributed by atoms with van der Waals surface area (Å²) in [5.74, 6) is 1.30. The van der Waals surface area contributed by atoms with Crippen LogP contribution in [0, 0.1) is 6.92 Å². The van der Waals surface area contributed by atoms with E-state index in [9.17, 15) is 0 Å². The fourth-order valence-corrected chi connectivity index (χ4v) is 2.67. The Kier molecular flexibility index (Phi) is 4.99. The fourth-order valence-electron chi connectivity index (χ4n) is 2.25. The van der Waals surface area contributed by atoms with Crippen molar-refractivity contribution < 1.29 is 9.47 Å². The summed E-state index contributed by atoms with van der Waals surface area (Å²) in [5.41, 5.74) is 9.05. The molecule has 0 spiro atoms. The summed E-state index contributed by atoms with van der Waals surface area (Å²) in [7, 11) is 3.19. The van der Waals surface area contributed by atoms with Gasteiger partial charge in [0.05, 0.1) is 20.3 Å². The summed E-state index contributed by atoms with van der Waals surface area (Å²) in [6, 6.07) is 8.64. The van der Waals surface area contributed by atoms with Gasteiger partial charge in [0.25, 0.3) is 0 Å². The Labute approximate surface area is 134 Å². The minimum Gasteiger partial charge on any atom is -0.493 e. The molecule has 0 amide bonds. The maximum atomic E-state index is 6.36. The van der Waals surface area contributed by atoms with Crippen LogP contribution in [-0.4, -0.2) is 14.2 Å². The van der Waals surface area contributed by atoms with Gasteiger partial charge in [-0.05, 0) is 53.9 Å². The van der Waals surface area contributed by atoms with E-state index >= 15 is 0 Å². The number of nitrogens with two attached hydrogens (primary N) is 1. The van der Waals surface area contributed by atoms with Gasteiger partial charge in [0.2, 0.25) is 0 Å². The zero-order valence-corrected chi connectivity index (χ0v) is 13.6. The summed E-state index contributed by atoms with van der Waals surface area (Å²) in [4.78, 5) is 0. The predicted octanol–water partition coefficient (Wildman–Crippen LogP) is 4.37. The van der Waals surface area contributed by atoms with Crippen molar-refractivity contribution >= 4 is 23.2 Å². The van der Waals surface area contributed by atoms with Crippen LogP contribution in [-0.2, 0) is 0 Å². The molecule has 0 heterocycles. The van der Waals surface area contributed by atoms with Crippen LogP contribution in [0.25, 0.3) is 0 Å². The number of benzene rings is 2. The van der Waals surface area contributed by atoms with Gasteiger partial charge in [-0.1, -0.05) is 23.2 Å². The van der Waals surface area contributed by atoms with Crippen molar-refractivity contribution in [1.29, 1.82) is 0 Å². The summed E-state index contributed by atoms with van der Waals surface area (Å²) in [6.07, 6.45) is 0. The topological polar surface area (TPSA) is 44.5 Å². The van der Waals surface area contributed by atoms with Gasteiger partial charge in [0.15, 0.2) is 11.5 Å². The van der Waals surface area contributed by atoms with Crippen LogP contribution >= 0.6 is 23.2 Å². The molecule has 2 N–H and O–H groups in total. The van der Waals surface area contributed by atoms with E-state index in [0.29, 0.717) is 21.5 Å². The highest BCUT2D eigenvalue weighted by Crippen LogP contribution is 2.36. The zero-order chi connectivity index (χ0) is 15.6. The van der Waals surface area contributed by atoms with Gasteiger partial charge in [0, 0.05) is 10.0 Å². The second-order valence-electron chi connectivity index (χ2n) is 4.71. The van der Waals surface area contributed by atoms with E-state index in [1.165, 1.54) is 0 Å². The highest BCUT2D eigenvalue weighted by molar-refractivity contribution is 6.33. The SMILES string of the molecule is COc1cc(C)c(C(N)c2cc(Cl)ccc2Cl)cc1OC. The molecule has 0 aromatic heterocycles. The smallest absolute Gasteiger partial charge is 0.161 e. The Morgan fingerprint density at radius 1 is 0.952 bits per heavy atom. The molecule has 0 saturated carbocycles. The van der Waals surface area contributed by atoms with Gasteiger partial charge in [-0.25, -0.2) is 0 Å². The second kappa shape index (κ2) is 6.56. The molecular weight excluding hydrogens is 309 g/mol. The quantitative estimate of drug-likeness (QED) is 0.907. The summed E-state index contributed by atoms with van der Waals surface area (Å²) < 4.78 is 10.6. The molecule has 0 fully saturated rings. The molecular formula is C16H17Cl2NO2. The summed E-state index contributed by atoms with van der Waals surface area (Å²) in [5, 5.41) is 1.18. The fraction of sp³-hybridized carbons (Fsp3) is 0.250. The molecule has 0 aliphatic carbocycles. The number of aryl methyl sites for hydroxylation is 1. The van der Waals surface area contributed by atoms with E-state index in [-0.39, 0.29) is 0 Å². The third-order valence-corrected chi connectivity index (χ3v) is 3.98. The molecule has 3 nitrogen and oxygen atoms in total. The van der Waals surface area contributed by atoms with Crippen molar-refractivity contribution in [2.45, 2.75) is 13.0 Å². The van der Waals surface area contributed by atoms with Crippen LogP contribution in [0.1, 0.15) is 22.7 Å². The van der Waals surface area contributed by atoms with Crippen LogP contribution in [0.3, 0.4) is 0 Å². The van der Waals surface area contributed by atoms with E-state index in [4.69, 9.17) is 38.4 Å². The molecule has 0 aliphatic heterocycles. The minimum atomic E-state index is -0.393. The van der Waals surface area contributed by atoms with Gasteiger partial charge in [0.1, 0.15) is 0 Å². The number of methoxy groups -OCH3 is 2. The lowest BCUT2D eigenvalue weighted by atomic mass is 9.95. The molecule has 2 aromatic rings. The molecule has 0 saturated heterocycles. The summed E-state index contributed by atoms with van der Waals surface area (Å²) in [6.45, 7) is 1.97. The molecule has 1 atom stereocenters. The standard InChI is InChI=1S/C16H17Cl2NO2/c1-9-6-14(20-2)15(21-3)8-11(9)16(19)12-7-10(17)4-5-13(12)18/h4-8,16H,19H2,1-3H3. The number of hydrogen-bond acceptors (Lipinski definition) is 3. The van der Waals surface area contributed by atoms with Crippen molar-refractivity contribution in [3.8, 4) is 11.5 Å². The lowest BCUT2D eigenvalue weighted by Crippen LogP contribution is -2.14. The Morgan fingerprint density at radius 3 is 2.19 bits per heavy atom. The van der Waals surface area contributed by atoms with Gasteiger partial charge in [-0.3, -0.25) is 0 Å². The van der Waals surface area contributed by atoms with Gasteiger partial charge >= 0.3 is 0 Å². The number of hydrogen-bond donors (Lipinski definition) is 1. The number of halogens is 2. The first-order valence-electron chi connectivity index (χ1n) is 6.41. The van der Waals surface area contributed by atoms with Crippen molar-refractivity contribution in [3.05, 3.63) is 57.1 Å². The summed E-state index contributed by atoms with van der Waals surface area (Å²) >= 11 is 12.3.